The molecule has 0 saturated heterocycles. The summed E-state index contributed by atoms with van der Waals surface area (Å²) >= 11 is 0. The highest BCUT2D eigenvalue weighted by Crippen LogP contribution is 2.42. The Hall–Kier alpha value is -1.12. The number of rotatable bonds is 1. The van der Waals surface area contributed by atoms with E-state index < -0.39 is 0 Å². The van der Waals surface area contributed by atoms with E-state index in [1.807, 2.05) is 0 Å². The molecule has 21 heavy (non-hydrogen) atoms. The van der Waals surface area contributed by atoms with Crippen LogP contribution in [0.1, 0.15) is 84.7 Å². The summed E-state index contributed by atoms with van der Waals surface area (Å²) in [7, 11) is 0. The fourth-order valence-electron chi connectivity index (χ4n) is 3.29. The van der Waals surface area contributed by atoms with E-state index in [1.165, 1.54) is 12.8 Å². The van der Waals surface area contributed by atoms with Gasteiger partial charge in [-0.1, -0.05) is 41.5 Å². The molecule has 0 amide bonds. The summed E-state index contributed by atoms with van der Waals surface area (Å²) < 4.78 is 0. The van der Waals surface area contributed by atoms with Crippen LogP contribution in [-0.2, 0) is 5.41 Å². The predicted molar refractivity (Wildman–Crippen MR) is 87.7 cm³/mol. The van der Waals surface area contributed by atoms with Gasteiger partial charge in [-0.25, -0.2) is 4.98 Å². The van der Waals surface area contributed by atoms with Crippen LogP contribution in [0.2, 0.25) is 0 Å². The minimum absolute atomic E-state index is 0.0112. The molecule has 1 heterocycles. The molecule has 1 aromatic heterocycles. The van der Waals surface area contributed by atoms with Gasteiger partial charge in [0.1, 0.15) is 5.82 Å². The topological polar surface area (TPSA) is 45.8 Å². The van der Waals surface area contributed by atoms with Crippen LogP contribution >= 0.6 is 0 Å². The summed E-state index contributed by atoms with van der Waals surface area (Å²) in [6.45, 7) is 13.3. The number of aromatic nitrogens is 2. The van der Waals surface area contributed by atoms with E-state index in [-0.39, 0.29) is 11.0 Å². The molecule has 0 spiro atoms. The number of hydrogen-bond acceptors (Lipinski definition) is 2. The number of nitrogens with one attached hydrogen (secondary N) is 1. The maximum atomic E-state index is 11.9. The van der Waals surface area contributed by atoms with Gasteiger partial charge in [-0.2, -0.15) is 0 Å². The van der Waals surface area contributed by atoms with Gasteiger partial charge in [-0.05, 0) is 37.0 Å². The van der Waals surface area contributed by atoms with Crippen molar-refractivity contribution in [2.24, 2.45) is 11.3 Å². The third-order valence-electron chi connectivity index (χ3n) is 4.87. The third kappa shape index (κ3) is 3.96. The van der Waals surface area contributed by atoms with Crippen molar-refractivity contribution >= 4 is 0 Å². The van der Waals surface area contributed by atoms with Gasteiger partial charge in [0, 0.05) is 17.4 Å². The summed E-state index contributed by atoms with van der Waals surface area (Å²) in [5.74, 6) is 2.10. The second-order valence-corrected chi connectivity index (χ2v) is 8.68. The monoisotopic (exact) mass is 290 g/mol. The zero-order valence-electron chi connectivity index (χ0n) is 14.4. The van der Waals surface area contributed by atoms with E-state index in [2.05, 4.69) is 46.5 Å². The first-order valence-electron chi connectivity index (χ1n) is 8.19. The summed E-state index contributed by atoms with van der Waals surface area (Å²) in [6.07, 6.45) is 4.74. The van der Waals surface area contributed by atoms with Gasteiger partial charge in [0.2, 0.25) is 0 Å². The number of hydrogen-bond donors (Lipinski definition) is 1. The molecular weight excluding hydrogens is 260 g/mol. The summed E-state index contributed by atoms with van der Waals surface area (Å²) in [6, 6.07) is 1.64. The Morgan fingerprint density at radius 3 is 2.10 bits per heavy atom. The Balaban J connectivity index is 2.18. The smallest absolute Gasteiger partial charge is 0.251 e. The van der Waals surface area contributed by atoms with E-state index in [4.69, 9.17) is 4.98 Å². The average molecular weight is 290 g/mol. The van der Waals surface area contributed by atoms with E-state index in [1.54, 1.807) is 6.07 Å². The Morgan fingerprint density at radius 1 is 1.05 bits per heavy atom. The van der Waals surface area contributed by atoms with E-state index in [0.717, 1.165) is 30.3 Å². The molecule has 2 rings (SSSR count). The average Bonchev–Trinajstić information content (AvgIpc) is 2.36. The van der Waals surface area contributed by atoms with Crippen molar-refractivity contribution in [2.45, 2.75) is 78.6 Å². The van der Waals surface area contributed by atoms with Gasteiger partial charge in [0.05, 0.1) is 5.69 Å². The molecule has 0 radical (unpaired) electrons. The molecule has 0 bridgehead atoms. The second kappa shape index (κ2) is 5.58. The van der Waals surface area contributed by atoms with Gasteiger partial charge in [-0.15, -0.1) is 0 Å². The molecule has 0 atom stereocenters. The zero-order valence-corrected chi connectivity index (χ0v) is 14.4. The van der Waals surface area contributed by atoms with Gasteiger partial charge >= 0.3 is 0 Å². The lowest BCUT2D eigenvalue weighted by molar-refractivity contribution is 0.167. The number of H-pyrrole nitrogens is 1. The zero-order chi connectivity index (χ0) is 15.8. The Bertz CT molecular complexity index is 538. The fourth-order valence-corrected chi connectivity index (χ4v) is 3.29. The molecule has 0 aliphatic heterocycles. The van der Waals surface area contributed by atoms with Gasteiger partial charge < -0.3 is 4.98 Å². The molecule has 3 heteroatoms. The molecule has 1 saturated carbocycles. The molecular formula is C18H30N2O. The Kier molecular flexibility index (Phi) is 4.32. The van der Waals surface area contributed by atoms with Gasteiger partial charge in [0.15, 0.2) is 0 Å². The maximum absolute atomic E-state index is 11.9. The minimum atomic E-state index is -0.0778. The summed E-state index contributed by atoms with van der Waals surface area (Å²) in [5, 5.41) is 0. The standard InChI is InChI=1S/C18H30N2O/c1-17(2,3)13-9-7-12(8-10-13)16-19-14(18(4,5)6)11-15(21)20-16/h11-13H,7-10H2,1-6H3,(H,19,20,21). The molecule has 3 nitrogen and oxygen atoms in total. The molecule has 1 N–H and O–H groups in total. The van der Waals surface area contributed by atoms with Crippen molar-refractivity contribution in [2.75, 3.05) is 0 Å². The van der Waals surface area contributed by atoms with Crippen LogP contribution in [-0.4, -0.2) is 9.97 Å². The highest BCUT2D eigenvalue weighted by Gasteiger charge is 2.31. The first-order valence-corrected chi connectivity index (χ1v) is 8.19. The van der Waals surface area contributed by atoms with Crippen LogP contribution in [0.4, 0.5) is 0 Å². The molecule has 1 fully saturated rings. The molecule has 0 unspecified atom stereocenters. The summed E-state index contributed by atoms with van der Waals surface area (Å²) in [5.41, 5.74) is 1.20. The van der Waals surface area contributed by atoms with Gasteiger partial charge in [-0.3, -0.25) is 4.79 Å². The van der Waals surface area contributed by atoms with Crippen molar-refractivity contribution in [3.63, 3.8) is 0 Å². The van der Waals surface area contributed by atoms with Crippen LogP contribution in [0.3, 0.4) is 0 Å². The second-order valence-electron chi connectivity index (χ2n) is 8.68. The lowest BCUT2D eigenvalue weighted by Crippen LogP contribution is -2.27. The predicted octanol–water partition coefficient (Wildman–Crippen LogP) is 4.39. The van der Waals surface area contributed by atoms with Crippen LogP contribution in [0.15, 0.2) is 10.9 Å². The van der Waals surface area contributed by atoms with E-state index in [9.17, 15) is 4.79 Å². The van der Waals surface area contributed by atoms with Crippen molar-refractivity contribution in [1.82, 2.24) is 9.97 Å². The molecule has 1 aromatic rings. The fraction of sp³-hybridized carbons (Fsp3) is 0.778. The SMILES string of the molecule is CC(C)(C)c1cc(=O)[nH]c(C2CCC(C(C)(C)C)CC2)n1. The first kappa shape index (κ1) is 16.3. The third-order valence-corrected chi connectivity index (χ3v) is 4.87. The molecule has 0 aromatic carbocycles. The van der Waals surface area contributed by atoms with Gasteiger partial charge in [0.25, 0.3) is 5.56 Å². The van der Waals surface area contributed by atoms with Crippen LogP contribution < -0.4 is 5.56 Å². The van der Waals surface area contributed by atoms with Crippen LogP contribution in [0.5, 0.6) is 0 Å². The van der Waals surface area contributed by atoms with Crippen molar-refractivity contribution in [3.8, 4) is 0 Å². The quantitative estimate of drug-likeness (QED) is 0.834. The van der Waals surface area contributed by atoms with Crippen LogP contribution in [0.25, 0.3) is 0 Å². The minimum Gasteiger partial charge on any atom is -0.310 e. The Morgan fingerprint density at radius 2 is 1.62 bits per heavy atom. The molecule has 1 aliphatic rings. The lowest BCUT2D eigenvalue weighted by atomic mass is 9.69. The normalized spacial score (nSPS) is 24.1. The van der Waals surface area contributed by atoms with E-state index >= 15 is 0 Å². The molecule has 118 valence electrons. The largest absolute Gasteiger partial charge is 0.310 e. The van der Waals surface area contributed by atoms with Crippen molar-refractivity contribution < 1.29 is 0 Å². The van der Waals surface area contributed by atoms with Crippen molar-refractivity contribution in [3.05, 3.63) is 27.9 Å². The lowest BCUT2D eigenvalue weighted by Gasteiger charge is -2.36. The molecule has 1 aliphatic carbocycles. The highest BCUT2D eigenvalue weighted by molar-refractivity contribution is 5.14. The van der Waals surface area contributed by atoms with E-state index in [0.29, 0.717) is 11.3 Å². The first-order chi connectivity index (χ1) is 9.57. The Labute approximate surface area is 128 Å². The number of aromatic amines is 1. The van der Waals surface area contributed by atoms with Crippen LogP contribution in [0, 0.1) is 11.3 Å². The summed E-state index contributed by atoms with van der Waals surface area (Å²) in [4.78, 5) is 19.7. The number of nitrogens with zero attached hydrogens (tertiary/aromatic N) is 1. The maximum Gasteiger partial charge on any atom is 0.251 e. The highest BCUT2D eigenvalue weighted by atomic mass is 16.1. The van der Waals surface area contributed by atoms with Crippen molar-refractivity contribution in [1.29, 1.82) is 0 Å².